The van der Waals surface area contributed by atoms with Gasteiger partial charge in [0.1, 0.15) is 6.54 Å². The van der Waals surface area contributed by atoms with Gasteiger partial charge in [-0.25, -0.2) is 14.1 Å². The molecule has 5 rings (SSSR count). The summed E-state index contributed by atoms with van der Waals surface area (Å²) in [5.74, 6) is 0.979. The largest absolute Gasteiger partial charge is 0.271 e. The van der Waals surface area contributed by atoms with E-state index in [9.17, 15) is 0 Å². The van der Waals surface area contributed by atoms with Crippen LogP contribution in [-0.2, 0) is 20.6 Å². The van der Waals surface area contributed by atoms with E-state index in [2.05, 4.69) is 14.5 Å². The van der Waals surface area contributed by atoms with Gasteiger partial charge in [0.2, 0.25) is 11.5 Å². The molecule has 1 aliphatic heterocycles. The molecule has 0 amide bonds. The van der Waals surface area contributed by atoms with E-state index in [-0.39, 0.29) is 0 Å². The Balaban J connectivity index is 2.02. The highest BCUT2D eigenvalue weighted by Crippen LogP contribution is 2.33. The lowest BCUT2D eigenvalue weighted by molar-refractivity contribution is -0.649. The summed E-state index contributed by atoms with van der Waals surface area (Å²) in [6, 6.07) is 7.69. The molecule has 0 radical (unpaired) electrons. The Morgan fingerprint density at radius 3 is 2.95 bits per heavy atom. The third kappa shape index (κ3) is 1.15. The smallest absolute Gasteiger partial charge is 0.257 e. The van der Waals surface area contributed by atoms with E-state index in [0.29, 0.717) is 17.8 Å². The molecule has 0 fully saturated rings. The quantitative estimate of drug-likeness (QED) is 0.405. The lowest BCUT2D eigenvalue weighted by Gasteiger charge is -1.97. The van der Waals surface area contributed by atoms with Crippen molar-refractivity contribution in [2.24, 2.45) is 14.0 Å². The topological polar surface area (TPSA) is 39.5 Å². The van der Waals surface area contributed by atoms with Crippen molar-refractivity contribution in [1.82, 2.24) is 19.1 Å². The standard InChI is InChI=1S/C16H14N5/c1-19-13-11-6-4-8-18-14(11)20(2)16(13)21-9-12-10(15(19)21)5-3-7-17-12/h3-8H,9H2,1-2H3/q+1/i2D3. The van der Waals surface area contributed by atoms with E-state index in [0.717, 1.165) is 28.0 Å². The highest BCUT2D eigenvalue weighted by Gasteiger charge is 2.35. The molecular weight excluding hydrogens is 262 g/mol. The number of hydrogen-bond acceptors (Lipinski definition) is 2. The van der Waals surface area contributed by atoms with Crippen molar-refractivity contribution in [2.45, 2.75) is 6.54 Å². The van der Waals surface area contributed by atoms with E-state index in [4.69, 9.17) is 4.11 Å². The first-order valence-electron chi connectivity index (χ1n) is 8.31. The van der Waals surface area contributed by atoms with Crippen molar-refractivity contribution in [3.8, 4) is 11.4 Å². The Morgan fingerprint density at radius 1 is 1.19 bits per heavy atom. The van der Waals surface area contributed by atoms with Gasteiger partial charge in [0.05, 0.1) is 34.8 Å². The van der Waals surface area contributed by atoms with Gasteiger partial charge in [0, 0.05) is 12.4 Å². The molecule has 1 aliphatic rings. The van der Waals surface area contributed by atoms with E-state index >= 15 is 0 Å². The fourth-order valence-electron chi connectivity index (χ4n) is 3.45. The highest BCUT2D eigenvalue weighted by atomic mass is 15.3. The van der Waals surface area contributed by atoms with Crippen molar-refractivity contribution < 1.29 is 8.68 Å². The summed E-state index contributed by atoms with van der Waals surface area (Å²) in [5.41, 5.74) is 4.04. The van der Waals surface area contributed by atoms with Gasteiger partial charge in [0.25, 0.3) is 5.65 Å². The molecule has 0 unspecified atom stereocenters. The summed E-state index contributed by atoms with van der Waals surface area (Å²) in [6.45, 7) is -1.74. The first-order chi connectivity index (χ1) is 11.5. The normalized spacial score (nSPS) is 15.8. The van der Waals surface area contributed by atoms with Crippen LogP contribution in [0.4, 0.5) is 0 Å². The minimum atomic E-state index is -2.31. The summed E-state index contributed by atoms with van der Waals surface area (Å²) < 4.78 is 29.5. The van der Waals surface area contributed by atoms with Crippen LogP contribution in [0.15, 0.2) is 36.7 Å². The number of nitrogens with zero attached hydrogens (tertiary/aromatic N) is 5. The van der Waals surface area contributed by atoms with E-state index in [1.165, 1.54) is 4.57 Å². The van der Waals surface area contributed by atoms with Crippen LogP contribution in [0.3, 0.4) is 0 Å². The van der Waals surface area contributed by atoms with E-state index in [1.807, 2.05) is 35.9 Å². The summed E-state index contributed by atoms with van der Waals surface area (Å²) in [5, 5.41) is 0.846. The number of imidazole rings is 1. The SMILES string of the molecule is [2H]C([2H])([2H])n1c2ncccc2c2c1[n+]1c(n2C)-c2cccnc2C1. The lowest BCUT2D eigenvalue weighted by atomic mass is 10.2. The number of aromatic nitrogens is 5. The van der Waals surface area contributed by atoms with Crippen LogP contribution in [0, 0.1) is 0 Å². The molecule has 4 aromatic rings. The van der Waals surface area contributed by atoms with Crippen molar-refractivity contribution in [3.63, 3.8) is 0 Å². The Labute approximate surface area is 125 Å². The van der Waals surface area contributed by atoms with Gasteiger partial charge in [-0.2, -0.15) is 0 Å². The number of rotatable bonds is 0. The van der Waals surface area contributed by atoms with Crippen molar-refractivity contribution >= 4 is 22.2 Å². The molecule has 0 bridgehead atoms. The van der Waals surface area contributed by atoms with Crippen LogP contribution >= 0.6 is 0 Å². The molecule has 0 N–H and O–H groups in total. The third-order valence-corrected chi connectivity index (χ3v) is 4.28. The summed E-state index contributed by atoms with van der Waals surface area (Å²) in [7, 11) is 1.96. The van der Waals surface area contributed by atoms with Gasteiger partial charge in [-0.05, 0) is 24.3 Å². The maximum atomic E-state index is 8.00. The van der Waals surface area contributed by atoms with Gasteiger partial charge < -0.3 is 0 Å². The molecule has 5 heteroatoms. The van der Waals surface area contributed by atoms with Crippen LogP contribution in [0.1, 0.15) is 9.81 Å². The number of hydrogen-bond donors (Lipinski definition) is 0. The minimum absolute atomic E-state index is 0.484. The van der Waals surface area contributed by atoms with Crippen molar-refractivity contribution in [2.75, 3.05) is 0 Å². The second kappa shape index (κ2) is 3.49. The Bertz CT molecular complexity index is 1140. The molecule has 0 aliphatic carbocycles. The zero-order valence-corrected chi connectivity index (χ0v) is 11.4. The third-order valence-electron chi connectivity index (χ3n) is 4.28. The molecule has 102 valence electrons. The molecule has 0 saturated carbocycles. The average Bonchev–Trinajstić information content (AvgIpc) is 3.16. The molecule has 5 nitrogen and oxygen atoms in total. The van der Waals surface area contributed by atoms with E-state index in [1.54, 1.807) is 12.4 Å². The van der Waals surface area contributed by atoms with E-state index < -0.39 is 6.98 Å². The molecule has 21 heavy (non-hydrogen) atoms. The molecule has 0 spiro atoms. The Kier molecular flexibility index (Phi) is 1.42. The van der Waals surface area contributed by atoms with Gasteiger partial charge in [-0.15, -0.1) is 0 Å². The van der Waals surface area contributed by atoms with Crippen LogP contribution in [0.25, 0.3) is 33.6 Å². The maximum Gasteiger partial charge on any atom is 0.271 e. The number of aryl methyl sites for hydroxylation is 2. The first kappa shape index (κ1) is 8.56. The lowest BCUT2D eigenvalue weighted by Crippen LogP contribution is -2.33. The fourth-order valence-corrected chi connectivity index (χ4v) is 3.45. The van der Waals surface area contributed by atoms with Crippen LogP contribution in [0.5, 0.6) is 0 Å². The van der Waals surface area contributed by atoms with Gasteiger partial charge >= 0.3 is 0 Å². The van der Waals surface area contributed by atoms with Crippen LogP contribution in [-0.4, -0.2) is 19.1 Å². The fraction of sp³-hybridized carbons (Fsp3) is 0.188. The van der Waals surface area contributed by atoms with Crippen molar-refractivity contribution in [3.05, 3.63) is 42.4 Å². The monoisotopic (exact) mass is 279 g/mol. The second-order valence-corrected chi connectivity index (χ2v) is 5.35. The number of pyridine rings is 2. The van der Waals surface area contributed by atoms with Crippen LogP contribution in [0.2, 0.25) is 0 Å². The van der Waals surface area contributed by atoms with Crippen molar-refractivity contribution in [1.29, 1.82) is 0 Å². The predicted octanol–water partition coefficient (Wildman–Crippen LogP) is 1.78. The minimum Gasteiger partial charge on any atom is -0.257 e. The average molecular weight is 279 g/mol. The zero-order valence-electron chi connectivity index (χ0n) is 14.4. The summed E-state index contributed by atoms with van der Waals surface area (Å²) >= 11 is 0. The highest BCUT2D eigenvalue weighted by molar-refractivity contribution is 6.03. The summed E-state index contributed by atoms with van der Waals surface area (Å²) in [4.78, 5) is 8.77. The Morgan fingerprint density at radius 2 is 2.05 bits per heavy atom. The molecule has 5 heterocycles. The maximum absolute atomic E-state index is 8.00. The second-order valence-electron chi connectivity index (χ2n) is 5.35. The van der Waals surface area contributed by atoms with Gasteiger partial charge in [-0.3, -0.25) is 9.55 Å². The molecule has 0 atom stereocenters. The number of fused-ring (bicyclic) bond motifs is 7. The summed E-state index contributed by atoms with van der Waals surface area (Å²) in [6.07, 6.45) is 3.40. The zero-order chi connectivity index (χ0) is 16.6. The van der Waals surface area contributed by atoms with Gasteiger partial charge in [0.15, 0.2) is 5.52 Å². The predicted molar refractivity (Wildman–Crippen MR) is 79.7 cm³/mol. The molecule has 4 aromatic heterocycles. The molecular formula is C16H14N5+. The van der Waals surface area contributed by atoms with Crippen LogP contribution < -0.4 is 4.57 Å². The molecule has 0 aromatic carbocycles. The first-order valence-corrected chi connectivity index (χ1v) is 6.81. The van der Waals surface area contributed by atoms with Gasteiger partial charge in [-0.1, -0.05) is 0 Å². The Hall–Kier alpha value is -2.69. The molecule has 0 saturated heterocycles.